The van der Waals surface area contributed by atoms with Crippen molar-refractivity contribution in [2.75, 3.05) is 32.7 Å². The van der Waals surface area contributed by atoms with Crippen molar-refractivity contribution in [1.29, 1.82) is 0 Å². The van der Waals surface area contributed by atoms with Gasteiger partial charge in [-0.3, -0.25) is 9.59 Å². The predicted octanol–water partition coefficient (Wildman–Crippen LogP) is 3.86. The second kappa shape index (κ2) is 10.2. The number of nitrogens with one attached hydrogen (secondary N) is 1. The van der Waals surface area contributed by atoms with Gasteiger partial charge in [-0.05, 0) is 62.6 Å². The Morgan fingerprint density at radius 3 is 2.71 bits per heavy atom. The van der Waals surface area contributed by atoms with E-state index < -0.39 is 0 Å². The van der Waals surface area contributed by atoms with Crippen molar-refractivity contribution in [2.45, 2.75) is 57.9 Å². The summed E-state index contributed by atoms with van der Waals surface area (Å²) in [5.41, 5.74) is 1.85. The largest absolute Gasteiger partial charge is 0.356 e. The van der Waals surface area contributed by atoms with Crippen molar-refractivity contribution in [3.8, 4) is 0 Å². The van der Waals surface area contributed by atoms with Crippen molar-refractivity contribution < 1.29 is 9.59 Å². The Morgan fingerprint density at radius 1 is 1.16 bits per heavy atom. The number of likely N-dealkylation sites (tertiary alicyclic amines) is 2. The number of nitrogens with zero attached hydrogens (tertiary/aromatic N) is 3. The molecular weight excluding hydrogens is 408 g/mol. The SMILES string of the molecule is CC[C@H]1CCCCN1CCCNC(=O)C1CCN(C(=O)c2cc3sccc3n2C)CC1. The molecule has 0 radical (unpaired) electrons. The fraction of sp³-hybridized carbons (Fsp3) is 0.667. The van der Waals surface area contributed by atoms with Gasteiger partial charge in [0.2, 0.25) is 5.91 Å². The molecule has 0 aliphatic carbocycles. The number of aromatic nitrogens is 1. The summed E-state index contributed by atoms with van der Waals surface area (Å²) in [6.07, 6.45) is 7.73. The van der Waals surface area contributed by atoms with E-state index in [0.717, 1.165) is 54.3 Å². The Labute approximate surface area is 189 Å². The first kappa shape index (κ1) is 22.3. The molecule has 1 N–H and O–H groups in total. The molecule has 0 saturated carbocycles. The smallest absolute Gasteiger partial charge is 0.270 e. The highest BCUT2D eigenvalue weighted by Crippen LogP contribution is 2.26. The third kappa shape index (κ3) is 4.98. The van der Waals surface area contributed by atoms with Gasteiger partial charge in [-0.15, -0.1) is 11.3 Å². The number of thiophene rings is 1. The highest BCUT2D eigenvalue weighted by Gasteiger charge is 2.29. The van der Waals surface area contributed by atoms with Crippen LogP contribution in [0.5, 0.6) is 0 Å². The summed E-state index contributed by atoms with van der Waals surface area (Å²) in [4.78, 5) is 30.1. The number of carbonyl (C=O) groups excluding carboxylic acids is 2. The summed E-state index contributed by atoms with van der Waals surface area (Å²) >= 11 is 1.66. The Balaban J connectivity index is 1.19. The molecule has 2 fully saturated rings. The van der Waals surface area contributed by atoms with Crippen LogP contribution in [0.1, 0.15) is 62.4 Å². The molecule has 2 aromatic heterocycles. The van der Waals surface area contributed by atoms with Gasteiger partial charge in [0.25, 0.3) is 5.91 Å². The first-order valence-electron chi connectivity index (χ1n) is 11.9. The van der Waals surface area contributed by atoms with Gasteiger partial charge in [-0.2, -0.15) is 0 Å². The van der Waals surface area contributed by atoms with Crippen LogP contribution >= 0.6 is 11.3 Å². The molecule has 170 valence electrons. The number of carbonyl (C=O) groups is 2. The lowest BCUT2D eigenvalue weighted by Crippen LogP contribution is -2.44. The monoisotopic (exact) mass is 444 g/mol. The zero-order valence-corrected chi connectivity index (χ0v) is 19.8. The molecule has 4 heterocycles. The molecule has 0 unspecified atom stereocenters. The fourth-order valence-electron chi connectivity index (χ4n) is 5.22. The van der Waals surface area contributed by atoms with Crippen LogP contribution in [0.3, 0.4) is 0 Å². The van der Waals surface area contributed by atoms with E-state index in [1.807, 2.05) is 22.6 Å². The first-order valence-corrected chi connectivity index (χ1v) is 12.8. The van der Waals surface area contributed by atoms with Crippen LogP contribution in [0.25, 0.3) is 10.2 Å². The minimum Gasteiger partial charge on any atom is -0.356 e. The number of aryl methyl sites for hydroxylation is 1. The summed E-state index contributed by atoms with van der Waals surface area (Å²) in [7, 11) is 1.95. The molecule has 2 saturated heterocycles. The molecule has 2 aliphatic heterocycles. The van der Waals surface area contributed by atoms with Gasteiger partial charge in [0.1, 0.15) is 5.69 Å². The van der Waals surface area contributed by atoms with Crippen LogP contribution in [-0.4, -0.2) is 64.9 Å². The zero-order chi connectivity index (χ0) is 21.8. The number of hydrogen-bond donors (Lipinski definition) is 1. The number of hydrogen-bond acceptors (Lipinski definition) is 4. The summed E-state index contributed by atoms with van der Waals surface area (Å²) in [6, 6.07) is 4.78. The third-order valence-electron chi connectivity index (χ3n) is 7.18. The third-order valence-corrected chi connectivity index (χ3v) is 8.03. The summed E-state index contributed by atoms with van der Waals surface area (Å²) in [5.74, 6) is 0.272. The average molecular weight is 445 g/mol. The number of piperidine rings is 2. The van der Waals surface area contributed by atoms with E-state index in [1.54, 1.807) is 11.3 Å². The Morgan fingerprint density at radius 2 is 1.97 bits per heavy atom. The highest BCUT2D eigenvalue weighted by molar-refractivity contribution is 7.17. The van der Waals surface area contributed by atoms with Gasteiger partial charge in [0, 0.05) is 45.2 Å². The van der Waals surface area contributed by atoms with Crippen molar-refractivity contribution in [1.82, 2.24) is 19.7 Å². The fourth-order valence-corrected chi connectivity index (χ4v) is 6.07. The van der Waals surface area contributed by atoms with E-state index >= 15 is 0 Å². The molecule has 0 bridgehead atoms. The minimum absolute atomic E-state index is 0.0272. The second-order valence-electron chi connectivity index (χ2n) is 9.06. The van der Waals surface area contributed by atoms with Crippen molar-refractivity contribution in [2.24, 2.45) is 13.0 Å². The Kier molecular flexibility index (Phi) is 7.33. The zero-order valence-electron chi connectivity index (χ0n) is 18.9. The van der Waals surface area contributed by atoms with Crippen LogP contribution in [0, 0.1) is 5.92 Å². The molecule has 4 rings (SSSR count). The van der Waals surface area contributed by atoms with E-state index in [-0.39, 0.29) is 17.7 Å². The van der Waals surface area contributed by atoms with Crippen LogP contribution in [0.2, 0.25) is 0 Å². The highest BCUT2D eigenvalue weighted by atomic mass is 32.1. The van der Waals surface area contributed by atoms with E-state index in [9.17, 15) is 9.59 Å². The molecule has 7 heteroatoms. The van der Waals surface area contributed by atoms with E-state index in [0.29, 0.717) is 13.1 Å². The number of rotatable bonds is 7. The van der Waals surface area contributed by atoms with Gasteiger partial charge in [-0.1, -0.05) is 13.3 Å². The number of amides is 2. The normalized spacial score (nSPS) is 21.0. The standard InChI is InChI=1S/C24H36N4O2S/c1-3-19-7-4-5-12-27(19)13-6-11-25-23(29)18-8-14-28(15-9-18)24(30)21-17-22-20(26(21)2)10-16-31-22/h10,16-19H,3-9,11-15H2,1-2H3,(H,25,29)/t19-/m0/s1. The van der Waals surface area contributed by atoms with Crippen LogP contribution < -0.4 is 5.32 Å². The predicted molar refractivity (Wildman–Crippen MR) is 127 cm³/mol. The topological polar surface area (TPSA) is 57.6 Å². The van der Waals surface area contributed by atoms with E-state index in [1.165, 1.54) is 32.2 Å². The lowest BCUT2D eigenvalue weighted by Gasteiger charge is -2.35. The lowest BCUT2D eigenvalue weighted by atomic mass is 9.95. The van der Waals surface area contributed by atoms with Gasteiger partial charge in [0.15, 0.2) is 0 Å². The van der Waals surface area contributed by atoms with Crippen molar-refractivity contribution in [3.63, 3.8) is 0 Å². The van der Waals surface area contributed by atoms with Gasteiger partial charge in [0.05, 0.1) is 10.2 Å². The molecule has 0 spiro atoms. The molecule has 2 aliphatic rings. The second-order valence-corrected chi connectivity index (χ2v) is 10.0. The molecule has 1 atom stereocenters. The molecule has 6 nitrogen and oxygen atoms in total. The first-order chi connectivity index (χ1) is 15.1. The van der Waals surface area contributed by atoms with Crippen molar-refractivity contribution in [3.05, 3.63) is 23.2 Å². The van der Waals surface area contributed by atoms with Gasteiger partial charge >= 0.3 is 0 Å². The molecule has 0 aromatic carbocycles. The maximum absolute atomic E-state index is 13.0. The minimum atomic E-state index is 0.0272. The van der Waals surface area contributed by atoms with Crippen molar-refractivity contribution >= 4 is 33.4 Å². The maximum atomic E-state index is 13.0. The number of fused-ring (bicyclic) bond motifs is 1. The summed E-state index contributed by atoms with van der Waals surface area (Å²) in [6.45, 7) is 6.63. The molecule has 2 amide bonds. The Hall–Kier alpha value is -1.86. The average Bonchev–Trinajstić information content (AvgIpc) is 3.39. The van der Waals surface area contributed by atoms with E-state index in [4.69, 9.17) is 0 Å². The lowest BCUT2D eigenvalue weighted by molar-refractivity contribution is -0.126. The van der Waals surface area contributed by atoms with Gasteiger partial charge in [-0.25, -0.2) is 0 Å². The summed E-state index contributed by atoms with van der Waals surface area (Å²) in [5, 5.41) is 5.21. The molecule has 2 aromatic rings. The summed E-state index contributed by atoms with van der Waals surface area (Å²) < 4.78 is 3.13. The quantitative estimate of drug-likeness (QED) is 0.660. The Bertz CT molecular complexity index is 897. The maximum Gasteiger partial charge on any atom is 0.270 e. The van der Waals surface area contributed by atoms with E-state index in [2.05, 4.69) is 28.6 Å². The molecular formula is C24H36N4O2S. The van der Waals surface area contributed by atoms with Crippen LogP contribution in [0.15, 0.2) is 17.5 Å². The van der Waals surface area contributed by atoms with Crippen LogP contribution in [0.4, 0.5) is 0 Å². The molecule has 31 heavy (non-hydrogen) atoms. The van der Waals surface area contributed by atoms with Gasteiger partial charge < -0.3 is 19.7 Å². The van der Waals surface area contributed by atoms with Crippen LogP contribution in [-0.2, 0) is 11.8 Å².